The SMILES string of the molecule is C=O.CC1(C)CC/C=C/CCC1.CCC(=O)OC(c1ccc(NC(=O)O)cc1)C(C)C.CNCC(=O)O. The number of carboxylic acid groups (broad SMARTS) is 2. The molecule has 0 aromatic heterocycles. The number of hydrogen-bond donors (Lipinski definition) is 4. The molecule has 4 N–H and O–H groups in total. The van der Waals surface area contributed by atoms with Gasteiger partial charge in [0, 0.05) is 12.1 Å². The van der Waals surface area contributed by atoms with Crippen LogP contribution in [0.2, 0.25) is 0 Å². The first-order valence-electron chi connectivity index (χ1n) is 12.5. The van der Waals surface area contributed by atoms with E-state index in [1.54, 1.807) is 38.2 Å². The molecule has 1 aliphatic carbocycles. The van der Waals surface area contributed by atoms with Crippen molar-refractivity contribution in [3.8, 4) is 0 Å². The van der Waals surface area contributed by atoms with Gasteiger partial charge in [0.25, 0.3) is 0 Å². The molecule has 2 rings (SSSR count). The third-order valence-electron chi connectivity index (χ3n) is 5.35. The van der Waals surface area contributed by atoms with Crippen molar-refractivity contribution in [2.45, 2.75) is 79.2 Å². The van der Waals surface area contributed by atoms with E-state index in [0.29, 0.717) is 17.5 Å². The van der Waals surface area contributed by atoms with Gasteiger partial charge in [-0.15, -0.1) is 0 Å². The maximum absolute atomic E-state index is 11.4. The summed E-state index contributed by atoms with van der Waals surface area (Å²) in [5, 5.41) is 21.2. The maximum atomic E-state index is 11.4. The van der Waals surface area contributed by atoms with Crippen molar-refractivity contribution in [3.63, 3.8) is 0 Å². The molecule has 1 unspecified atom stereocenters. The van der Waals surface area contributed by atoms with Crippen molar-refractivity contribution in [1.82, 2.24) is 5.32 Å². The molecular formula is C28H46N2O7. The summed E-state index contributed by atoms with van der Waals surface area (Å²) < 4.78 is 5.39. The lowest BCUT2D eigenvalue weighted by Gasteiger charge is -2.24. The fourth-order valence-corrected chi connectivity index (χ4v) is 3.38. The standard InChI is InChI=1S/C14H19NO4.C10H18.C3H7NO2.CH2O/c1-4-12(16)19-13(9(2)3)10-5-7-11(8-6-10)15-14(17)18;1-10(2)8-6-4-3-5-7-9-10;1-4-2-3(5)6;1-2/h5-9,13,15H,4H2,1-3H3,(H,17,18);3-4H,5-9H2,1-2H3;4H,2H2,1H3,(H,5,6);1H2/b;4-3+;;. The third kappa shape index (κ3) is 19.6. The second-order valence-corrected chi connectivity index (χ2v) is 9.55. The summed E-state index contributed by atoms with van der Waals surface area (Å²) >= 11 is 0. The number of amides is 1. The van der Waals surface area contributed by atoms with E-state index >= 15 is 0 Å². The van der Waals surface area contributed by atoms with Crippen LogP contribution in [-0.2, 0) is 19.1 Å². The van der Waals surface area contributed by atoms with Crippen LogP contribution in [0.25, 0.3) is 0 Å². The molecule has 37 heavy (non-hydrogen) atoms. The van der Waals surface area contributed by atoms with Gasteiger partial charge in [0.2, 0.25) is 0 Å². The van der Waals surface area contributed by atoms with E-state index in [2.05, 4.69) is 36.6 Å². The van der Waals surface area contributed by atoms with E-state index in [1.165, 1.54) is 32.1 Å². The number of hydrogen-bond acceptors (Lipinski definition) is 6. The summed E-state index contributed by atoms with van der Waals surface area (Å²) in [7, 11) is 1.59. The lowest BCUT2D eigenvalue weighted by atomic mass is 9.81. The predicted molar refractivity (Wildman–Crippen MR) is 147 cm³/mol. The van der Waals surface area contributed by atoms with Gasteiger partial charge < -0.3 is 25.1 Å². The van der Waals surface area contributed by atoms with Crippen LogP contribution in [0.3, 0.4) is 0 Å². The Labute approximate surface area is 221 Å². The molecule has 0 fully saturated rings. The summed E-state index contributed by atoms with van der Waals surface area (Å²) in [6.07, 6.45) is 10.3. The molecule has 210 valence electrons. The number of benzene rings is 1. The molecule has 1 aromatic carbocycles. The second kappa shape index (κ2) is 20.9. The number of aliphatic carboxylic acids is 1. The van der Waals surface area contributed by atoms with Crippen LogP contribution in [0.1, 0.15) is 84.8 Å². The van der Waals surface area contributed by atoms with Gasteiger partial charge in [-0.25, -0.2) is 4.79 Å². The smallest absolute Gasteiger partial charge is 0.409 e. The zero-order valence-corrected chi connectivity index (χ0v) is 23.2. The van der Waals surface area contributed by atoms with Gasteiger partial charge >= 0.3 is 18.0 Å². The molecule has 1 atom stereocenters. The Morgan fingerprint density at radius 2 is 1.59 bits per heavy atom. The average molecular weight is 523 g/mol. The summed E-state index contributed by atoms with van der Waals surface area (Å²) in [5.41, 5.74) is 1.94. The predicted octanol–water partition coefficient (Wildman–Crippen LogP) is 6.07. The number of allylic oxidation sites excluding steroid dienone is 2. The van der Waals surface area contributed by atoms with Gasteiger partial charge in [-0.3, -0.25) is 14.9 Å². The summed E-state index contributed by atoms with van der Waals surface area (Å²) in [4.78, 5) is 39.4. The van der Waals surface area contributed by atoms with Crippen molar-refractivity contribution in [1.29, 1.82) is 0 Å². The number of carboxylic acids is 1. The first kappa shape index (κ1) is 36.0. The van der Waals surface area contributed by atoms with Gasteiger partial charge in [0.15, 0.2) is 0 Å². The Morgan fingerprint density at radius 1 is 1.03 bits per heavy atom. The molecule has 9 nitrogen and oxygen atoms in total. The van der Waals surface area contributed by atoms with E-state index in [1.807, 2.05) is 20.6 Å². The van der Waals surface area contributed by atoms with Crippen molar-refractivity contribution in [3.05, 3.63) is 42.0 Å². The zero-order valence-electron chi connectivity index (χ0n) is 23.2. The number of esters is 1. The van der Waals surface area contributed by atoms with E-state index in [-0.39, 0.29) is 24.5 Å². The van der Waals surface area contributed by atoms with Crippen LogP contribution in [-0.4, -0.2) is 48.6 Å². The van der Waals surface area contributed by atoms with Gasteiger partial charge in [-0.2, -0.15) is 0 Å². The zero-order chi connectivity index (χ0) is 28.9. The summed E-state index contributed by atoms with van der Waals surface area (Å²) in [6.45, 7) is 12.5. The molecule has 0 radical (unpaired) electrons. The number of ether oxygens (including phenoxy) is 1. The highest BCUT2D eigenvalue weighted by atomic mass is 16.5. The Balaban J connectivity index is 0. The van der Waals surface area contributed by atoms with Crippen molar-refractivity contribution < 1.29 is 34.1 Å². The van der Waals surface area contributed by atoms with Crippen LogP contribution < -0.4 is 10.6 Å². The average Bonchev–Trinajstić information content (AvgIpc) is 2.82. The minimum atomic E-state index is -1.11. The van der Waals surface area contributed by atoms with Crippen LogP contribution in [0, 0.1) is 11.3 Å². The number of carbonyl (C=O) groups excluding carboxylic acids is 2. The van der Waals surface area contributed by atoms with Crippen LogP contribution in [0.15, 0.2) is 36.4 Å². The number of likely N-dealkylation sites (N-methyl/N-ethyl adjacent to an activating group) is 1. The minimum absolute atomic E-state index is 0.0417. The Hall–Kier alpha value is -3.20. The number of rotatable bonds is 7. The van der Waals surface area contributed by atoms with Crippen molar-refractivity contribution in [2.24, 2.45) is 11.3 Å². The first-order valence-corrected chi connectivity index (χ1v) is 12.5. The highest BCUT2D eigenvalue weighted by Crippen LogP contribution is 2.30. The van der Waals surface area contributed by atoms with Crippen molar-refractivity contribution in [2.75, 3.05) is 18.9 Å². The lowest BCUT2D eigenvalue weighted by Crippen LogP contribution is -2.16. The van der Waals surface area contributed by atoms with Gasteiger partial charge in [0.05, 0.1) is 6.54 Å². The quantitative estimate of drug-likeness (QED) is 0.250. The number of carbonyl (C=O) groups is 4. The van der Waals surface area contributed by atoms with Gasteiger partial charge in [-0.05, 0) is 68.2 Å². The van der Waals surface area contributed by atoms with Gasteiger partial charge in [-0.1, -0.05) is 58.9 Å². The van der Waals surface area contributed by atoms with E-state index in [9.17, 15) is 14.4 Å². The Morgan fingerprint density at radius 3 is 2.03 bits per heavy atom. The number of anilines is 1. The van der Waals surface area contributed by atoms with Crippen LogP contribution in [0.4, 0.5) is 10.5 Å². The fraction of sp³-hybridized carbons (Fsp3) is 0.571. The molecule has 1 aromatic rings. The minimum Gasteiger partial charge on any atom is -0.480 e. The Kier molecular flexibility index (Phi) is 20.4. The molecule has 1 aliphatic rings. The summed E-state index contributed by atoms with van der Waals surface area (Å²) in [6, 6.07) is 6.83. The van der Waals surface area contributed by atoms with Crippen LogP contribution >= 0.6 is 0 Å². The largest absolute Gasteiger partial charge is 0.480 e. The molecule has 0 saturated heterocycles. The molecule has 0 saturated carbocycles. The normalized spacial score (nSPS) is 15.3. The van der Waals surface area contributed by atoms with Gasteiger partial charge in [0.1, 0.15) is 12.9 Å². The van der Waals surface area contributed by atoms with E-state index in [4.69, 9.17) is 19.7 Å². The first-order chi connectivity index (χ1) is 17.4. The highest BCUT2D eigenvalue weighted by molar-refractivity contribution is 5.82. The van der Waals surface area contributed by atoms with Crippen molar-refractivity contribution >= 4 is 30.5 Å². The molecule has 0 spiro atoms. The van der Waals surface area contributed by atoms with E-state index in [0.717, 1.165) is 5.56 Å². The summed E-state index contributed by atoms with van der Waals surface area (Å²) in [5.74, 6) is -0.919. The molecule has 0 aliphatic heterocycles. The van der Waals surface area contributed by atoms with E-state index < -0.39 is 12.1 Å². The Bertz CT molecular complexity index is 805. The third-order valence-corrected chi connectivity index (χ3v) is 5.35. The molecular weight excluding hydrogens is 476 g/mol. The molecule has 0 heterocycles. The fourth-order valence-electron chi connectivity index (χ4n) is 3.38. The molecule has 1 amide bonds. The topological polar surface area (TPSA) is 142 Å². The molecule has 0 bridgehead atoms. The maximum Gasteiger partial charge on any atom is 0.409 e. The highest BCUT2D eigenvalue weighted by Gasteiger charge is 2.20. The number of nitrogens with one attached hydrogen (secondary N) is 2. The van der Waals surface area contributed by atoms with Crippen LogP contribution in [0.5, 0.6) is 0 Å². The second-order valence-electron chi connectivity index (χ2n) is 9.55. The molecule has 9 heteroatoms. The monoisotopic (exact) mass is 522 g/mol. The lowest BCUT2D eigenvalue weighted by molar-refractivity contribution is -0.151.